The monoisotopic (exact) mass is 1250 g/mol. The molecule has 4 heterocycles. The molecule has 6 heteroatoms. The molecule has 18 rings (SSSR count). The molecular formula is C88H90BN3OS. The van der Waals surface area contributed by atoms with E-state index >= 15 is 0 Å². The number of rotatable bonds is 6. The highest BCUT2D eigenvalue weighted by Gasteiger charge is 2.71. The summed E-state index contributed by atoms with van der Waals surface area (Å²) in [4.78, 5) is 8.04. The Bertz CT molecular complexity index is 4980. The second kappa shape index (κ2) is 19.9. The maximum atomic E-state index is 7.17. The molecule has 3 atom stereocenters. The van der Waals surface area contributed by atoms with Crippen LogP contribution in [0.25, 0.3) is 43.2 Å². The van der Waals surface area contributed by atoms with Crippen LogP contribution >= 0.6 is 11.3 Å². The van der Waals surface area contributed by atoms with Crippen molar-refractivity contribution < 1.29 is 4.42 Å². The fourth-order valence-electron chi connectivity index (χ4n) is 20.1. The van der Waals surface area contributed by atoms with Crippen LogP contribution in [0, 0.1) is 16.7 Å². The molecule has 2 aromatic heterocycles. The Kier molecular flexibility index (Phi) is 12.4. The van der Waals surface area contributed by atoms with E-state index in [-0.39, 0.29) is 44.6 Å². The van der Waals surface area contributed by atoms with Crippen LogP contribution in [0.3, 0.4) is 0 Å². The summed E-state index contributed by atoms with van der Waals surface area (Å²) >= 11 is 2.07. The van der Waals surface area contributed by atoms with Gasteiger partial charge in [-0.05, 0) is 229 Å². The fourth-order valence-corrected chi connectivity index (χ4v) is 21.4. The molecule has 1 spiro atoms. The zero-order chi connectivity index (χ0) is 64.5. The van der Waals surface area contributed by atoms with E-state index in [0.29, 0.717) is 11.8 Å². The Balaban J connectivity index is 0.975. The van der Waals surface area contributed by atoms with E-state index in [1.807, 2.05) is 0 Å². The summed E-state index contributed by atoms with van der Waals surface area (Å²) in [6, 6.07) is 70.3. The van der Waals surface area contributed by atoms with Gasteiger partial charge >= 0.3 is 0 Å². The summed E-state index contributed by atoms with van der Waals surface area (Å²) in [6.07, 6.45) is 12.5. The lowest BCUT2D eigenvalue weighted by molar-refractivity contribution is 0.0990. The van der Waals surface area contributed by atoms with E-state index in [9.17, 15) is 0 Å². The van der Waals surface area contributed by atoms with Gasteiger partial charge < -0.3 is 19.1 Å². The number of hydrogen-bond donors (Lipinski definition) is 0. The molecule has 3 fully saturated rings. The minimum atomic E-state index is -0.115. The van der Waals surface area contributed by atoms with E-state index in [2.05, 4.69) is 292 Å². The van der Waals surface area contributed by atoms with Gasteiger partial charge in [0.1, 0.15) is 5.58 Å². The van der Waals surface area contributed by atoms with Crippen LogP contribution in [0.2, 0.25) is 0 Å². The van der Waals surface area contributed by atoms with Crippen molar-refractivity contribution in [3.8, 4) is 11.1 Å². The molecule has 0 amide bonds. The third kappa shape index (κ3) is 8.10. The van der Waals surface area contributed by atoms with Crippen LogP contribution in [0.4, 0.5) is 51.2 Å². The first-order valence-electron chi connectivity index (χ1n) is 35.6. The van der Waals surface area contributed by atoms with Crippen LogP contribution in [0.1, 0.15) is 199 Å². The van der Waals surface area contributed by atoms with Gasteiger partial charge in [-0.1, -0.05) is 206 Å². The highest BCUT2D eigenvalue weighted by atomic mass is 32.1. The predicted molar refractivity (Wildman–Crippen MR) is 402 cm³/mol. The average Bonchev–Trinajstić information content (AvgIpc) is 1.47. The van der Waals surface area contributed by atoms with Crippen molar-refractivity contribution in [2.24, 2.45) is 16.7 Å². The molecule has 472 valence electrons. The number of benzene rings is 9. The molecule has 7 aliphatic rings. The molecule has 0 N–H and O–H groups in total. The van der Waals surface area contributed by atoms with Crippen LogP contribution in [0.15, 0.2) is 180 Å². The van der Waals surface area contributed by atoms with E-state index in [0.717, 1.165) is 45.4 Å². The van der Waals surface area contributed by atoms with Crippen molar-refractivity contribution >= 4 is 117 Å². The maximum absolute atomic E-state index is 7.17. The minimum absolute atomic E-state index is 0.0224. The second-order valence-corrected chi connectivity index (χ2v) is 35.1. The molecule has 0 saturated heterocycles. The predicted octanol–water partition coefficient (Wildman–Crippen LogP) is 23.5. The first kappa shape index (κ1) is 58.8. The van der Waals surface area contributed by atoms with Gasteiger partial charge in [0.2, 0.25) is 0 Å². The summed E-state index contributed by atoms with van der Waals surface area (Å²) in [5, 5.41) is 3.60. The second-order valence-electron chi connectivity index (χ2n) is 34.0. The van der Waals surface area contributed by atoms with E-state index < -0.39 is 0 Å². The van der Waals surface area contributed by atoms with Crippen molar-refractivity contribution in [2.45, 2.75) is 187 Å². The van der Waals surface area contributed by atoms with Crippen molar-refractivity contribution in [1.82, 2.24) is 0 Å². The summed E-state index contributed by atoms with van der Waals surface area (Å²) in [5.41, 5.74) is 28.3. The first-order chi connectivity index (χ1) is 44.9. The fraction of sp³-hybridized carbons (Fsp3) is 0.364. The maximum Gasteiger partial charge on any atom is 0.264 e. The van der Waals surface area contributed by atoms with E-state index in [1.165, 1.54) is 168 Å². The van der Waals surface area contributed by atoms with Crippen LogP contribution in [0.5, 0.6) is 0 Å². The topological polar surface area (TPSA) is 22.9 Å². The van der Waals surface area contributed by atoms with Crippen molar-refractivity contribution in [3.63, 3.8) is 0 Å². The van der Waals surface area contributed by atoms with Crippen LogP contribution in [-0.4, -0.2) is 6.71 Å². The van der Waals surface area contributed by atoms with Gasteiger partial charge in [-0.2, -0.15) is 0 Å². The Morgan fingerprint density at radius 2 is 1.18 bits per heavy atom. The number of anilines is 9. The number of furan rings is 1. The van der Waals surface area contributed by atoms with Gasteiger partial charge in [0.05, 0.1) is 17.1 Å². The van der Waals surface area contributed by atoms with Gasteiger partial charge in [0, 0.05) is 65.2 Å². The van der Waals surface area contributed by atoms with Crippen molar-refractivity contribution in [3.05, 3.63) is 215 Å². The molecule has 11 aromatic rings. The largest absolute Gasteiger partial charge is 0.454 e. The number of nitrogens with zero attached hydrogens (tertiary/aromatic N) is 3. The molecule has 0 radical (unpaired) electrons. The lowest BCUT2D eigenvalue weighted by atomic mass is 9.36. The van der Waals surface area contributed by atoms with Crippen LogP contribution < -0.4 is 30.4 Å². The number of hydrogen-bond acceptors (Lipinski definition) is 5. The molecule has 4 nitrogen and oxygen atoms in total. The van der Waals surface area contributed by atoms with Gasteiger partial charge in [-0.25, -0.2) is 0 Å². The summed E-state index contributed by atoms with van der Waals surface area (Å²) in [5.74, 6) is 1.24. The molecule has 3 saturated carbocycles. The standard InChI is InChI=1S/C88H90BN3OS/c1-82(2,3)55-32-37-58(38-33-55)90(73-28-21-26-65-64-25-18-20-29-76(64)93-80(65)73)61-48-74-78-75(49-61)92(59-35-30-54(31-36-59)53-22-15-14-16-23-53)79-66-50-69-70(85(9,10)45-44-84(69,7)8)51-77(66)94-81(79)89(78)71-46-56(83(4,5)6)34-41-72(71)91(74)60-39-40-63-62-24-17-19-27-67(62)88(68(63)47-60)52-57-42-43-87(88,13)86(57,11)12/h17-21,24-41,46-51,53,57H,14-16,22-23,42-45,52H2,1-13H3. The average molecular weight is 1250 g/mol. The lowest BCUT2D eigenvalue weighted by Crippen LogP contribution is -2.60. The van der Waals surface area contributed by atoms with E-state index in [1.54, 1.807) is 0 Å². The summed E-state index contributed by atoms with van der Waals surface area (Å²) in [6.45, 7) is 32.0. The Labute approximate surface area is 562 Å². The Morgan fingerprint density at radius 1 is 0.521 bits per heavy atom. The molecule has 2 aliphatic heterocycles. The first-order valence-corrected chi connectivity index (χ1v) is 36.5. The minimum Gasteiger partial charge on any atom is -0.454 e. The van der Waals surface area contributed by atoms with Crippen molar-refractivity contribution in [2.75, 3.05) is 14.7 Å². The molecule has 2 bridgehead atoms. The van der Waals surface area contributed by atoms with E-state index in [4.69, 9.17) is 4.42 Å². The molecule has 3 unspecified atom stereocenters. The summed E-state index contributed by atoms with van der Waals surface area (Å²) in [7, 11) is 0. The third-order valence-electron chi connectivity index (χ3n) is 25.9. The molecular weight excluding hydrogens is 1160 g/mol. The molecule has 5 aliphatic carbocycles. The Morgan fingerprint density at radius 3 is 1.89 bits per heavy atom. The summed E-state index contributed by atoms with van der Waals surface area (Å²) < 4.78 is 9.98. The van der Waals surface area contributed by atoms with Gasteiger partial charge in [-0.3, -0.25) is 0 Å². The number of thiophene rings is 1. The zero-order valence-corrected chi connectivity index (χ0v) is 58.5. The van der Waals surface area contributed by atoms with Gasteiger partial charge in [0.15, 0.2) is 5.58 Å². The number of fused-ring (bicyclic) bond motifs is 18. The van der Waals surface area contributed by atoms with Gasteiger partial charge in [-0.15, -0.1) is 11.3 Å². The SMILES string of the molecule is CC(C)(C)c1ccc(N(c2cc3c4c(c2)N(c2ccc(C5CCCCC5)cc2)c2c(sc5cc6c(cc25)C(C)(C)CCC6(C)C)B4c2cc(C(C)(C)C)ccc2N3c2ccc3c(c2)C2(CC4CCC2(C)C4(C)C)c2ccccc2-3)c2cccc3c2oc2ccccc23)cc1. The quantitative estimate of drug-likeness (QED) is 0.155. The van der Waals surface area contributed by atoms with Crippen LogP contribution in [-0.2, 0) is 27.1 Å². The highest BCUT2D eigenvalue weighted by Crippen LogP contribution is 2.78. The molecule has 9 aromatic carbocycles. The highest BCUT2D eigenvalue weighted by molar-refractivity contribution is 7.33. The zero-order valence-electron chi connectivity index (χ0n) is 57.7. The third-order valence-corrected chi connectivity index (χ3v) is 27.1. The molecule has 94 heavy (non-hydrogen) atoms. The van der Waals surface area contributed by atoms with Gasteiger partial charge in [0.25, 0.3) is 6.71 Å². The number of para-hydroxylation sites is 2. The van der Waals surface area contributed by atoms with Crippen molar-refractivity contribution in [1.29, 1.82) is 0 Å². The smallest absolute Gasteiger partial charge is 0.264 e. The normalized spacial score (nSPS) is 22.0. The lowest BCUT2D eigenvalue weighted by Gasteiger charge is -2.48. The Hall–Kier alpha value is -7.80.